The molecule has 0 unspecified atom stereocenters. The van der Waals surface area contributed by atoms with Crippen molar-refractivity contribution < 1.29 is 14.3 Å². The molecule has 0 fully saturated rings. The minimum absolute atomic E-state index is 0.0395. The molecule has 0 bridgehead atoms. The summed E-state index contributed by atoms with van der Waals surface area (Å²) in [5.74, 6) is 0.139. The first kappa shape index (κ1) is 24.0. The van der Waals surface area contributed by atoms with Gasteiger partial charge in [-0.25, -0.2) is 9.79 Å². The predicted molar refractivity (Wildman–Crippen MR) is 134 cm³/mol. The normalized spacial score (nSPS) is 15.8. The number of carbonyl (C=O) groups is 1. The number of benzene rings is 2. The Balaban J connectivity index is 1.98. The van der Waals surface area contributed by atoms with E-state index in [9.17, 15) is 9.59 Å². The van der Waals surface area contributed by atoms with Gasteiger partial charge in [0, 0.05) is 10.6 Å². The molecule has 0 radical (unpaired) electrons. The third-order valence-electron chi connectivity index (χ3n) is 5.39. The molecule has 0 amide bonds. The molecule has 2 aromatic carbocycles. The van der Waals surface area contributed by atoms with Crippen molar-refractivity contribution in [1.82, 2.24) is 4.57 Å². The minimum atomic E-state index is -0.632. The molecule has 3 aromatic rings. The van der Waals surface area contributed by atoms with Gasteiger partial charge in [-0.2, -0.15) is 0 Å². The molecule has 2 heterocycles. The molecule has 34 heavy (non-hydrogen) atoms. The molecule has 176 valence electrons. The van der Waals surface area contributed by atoms with Crippen molar-refractivity contribution >= 4 is 35.0 Å². The molecule has 6 nitrogen and oxygen atoms in total. The second-order valence-electron chi connectivity index (χ2n) is 8.05. The topological polar surface area (TPSA) is 69.9 Å². The van der Waals surface area contributed by atoms with Gasteiger partial charge in [-0.3, -0.25) is 9.36 Å². The zero-order valence-electron chi connectivity index (χ0n) is 19.4. The molecule has 0 saturated heterocycles. The summed E-state index contributed by atoms with van der Waals surface area (Å²) in [4.78, 5) is 31.8. The Kier molecular flexibility index (Phi) is 7.05. The highest BCUT2D eigenvalue weighted by Gasteiger charge is 2.33. The summed E-state index contributed by atoms with van der Waals surface area (Å²) in [7, 11) is 1.34. The fraction of sp³-hybridized carbons (Fsp3) is 0.269. The van der Waals surface area contributed by atoms with Crippen LogP contribution in [0.15, 0.2) is 69.6 Å². The van der Waals surface area contributed by atoms with Gasteiger partial charge in [0.25, 0.3) is 5.56 Å². The van der Waals surface area contributed by atoms with Crippen LogP contribution in [0.1, 0.15) is 44.4 Å². The van der Waals surface area contributed by atoms with Crippen LogP contribution in [0.3, 0.4) is 0 Å². The monoisotopic (exact) mass is 496 g/mol. The van der Waals surface area contributed by atoms with E-state index < -0.39 is 12.0 Å². The average Bonchev–Trinajstić information content (AvgIpc) is 3.14. The number of ether oxygens (including phenoxy) is 2. The third kappa shape index (κ3) is 4.58. The van der Waals surface area contributed by atoms with Crippen LogP contribution in [0.25, 0.3) is 6.08 Å². The van der Waals surface area contributed by atoms with Crippen LogP contribution in [0, 0.1) is 0 Å². The third-order valence-corrected chi connectivity index (χ3v) is 6.60. The van der Waals surface area contributed by atoms with E-state index in [1.54, 1.807) is 28.8 Å². The number of hydrogen-bond acceptors (Lipinski definition) is 6. The lowest BCUT2D eigenvalue weighted by atomic mass is 9.95. The highest BCUT2D eigenvalue weighted by Crippen LogP contribution is 2.31. The first-order chi connectivity index (χ1) is 16.3. The minimum Gasteiger partial charge on any atom is -0.490 e. The van der Waals surface area contributed by atoms with Gasteiger partial charge in [-0.1, -0.05) is 60.2 Å². The fourth-order valence-corrected chi connectivity index (χ4v) is 5.14. The van der Waals surface area contributed by atoms with Crippen LogP contribution < -0.4 is 19.6 Å². The van der Waals surface area contributed by atoms with Crippen LogP contribution in [0.4, 0.5) is 0 Å². The van der Waals surface area contributed by atoms with E-state index in [1.807, 2.05) is 51.1 Å². The Morgan fingerprint density at radius 1 is 1.24 bits per heavy atom. The maximum atomic E-state index is 13.7. The average molecular weight is 497 g/mol. The number of carbonyl (C=O) groups excluding carboxylic acids is 1. The summed E-state index contributed by atoms with van der Waals surface area (Å²) in [6.45, 7) is 5.80. The summed E-state index contributed by atoms with van der Waals surface area (Å²) in [5.41, 5.74) is 2.25. The number of thiazole rings is 1. The zero-order chi connectivity index (χ0) is 24.4. The van der Waals surface area contributed by atoms with Gasteiger partial charge in [0.15, 0.2) is 4.80 Å². The van der Waals surface area contributed by atoms with Crippen LogP contribution in [0.2, 0.25) is 5.02 Å². The standard InChI is InChI=1S/C26H25ClN2O4S/c1-5-19-22(25(31)32-4)23(16-9-7-6-8-10-16)29-24(30)21(34-26(29)28-19)14-17-13-18(27)11-12-20(17)33-15(2)3/h6-15,23H,5H2,1-4H3/b21-14+/t23-/m1/s1. The van der Waals surface area contributed by atoms with E-state index in [4.69, 9.17) is 21.1 Å². The number of rotatable bonds is 6. The first-order valence-corrected chi connectivity index (χ1v) is 12.2. The lowest BCUT2D eigenvalue weighted by Gasteiger charge is -2.25. The largest absolute Gasteiger partial charge is 0.490 e. The number of hydrogen-bond donors (Lipinski definition) is 0. The maximum absolute atomic E-state index is 13.7. The maximum Gasteiger partial charge on any atom is 0.338 e. The Morgan fingerprint density at radius 3 is 2.62 bits per heavy atom. The smallest absolute Gasteiger partial charge is 0.338 e. The number of allylic oxidation sites excluding steroid dienone is 1. The molecule has 4 rings (SSSR count). The van der Waals surface area contributed by atoms with Gasteiger partial charge in [-0.05, 0) is 50.1 Å². The number of halogens is 1. The van der Waals surface area contributed by atoms with Gasteiger partial charge < -0.3 is 9.47 Å². The molecular formula is C26H25ClN2O4S. The van der Waals surface area contributed by atoms with E-state index >= 15 is 0 Å². The molecule has 1 atom stereocenters. The van der Waals surface area contributed by atoms with Gasteiger partial charge in [-0.15, -0.1) is 0 Å². The van der Waals surface area contributed by atoms with Crippen molar-refractivity contribution in [2.45, 2.75) is 39.3 Å². The number of aromatic nitrogens is 1. The molecule has 0 aliphatic carbocycles. The van der Waals surface area contributed by atoms with Crippen LogP contribution in [-0.2, 0) is 9.53 Å². The lowest BCUT2D eigenvalue weighted by molar-refractivity contribution is -0.136. The Hall–Kier alpha value is -3.16. The van der Waals surface area contributed by atoms with E-state index in [0.29, 0.717) is 43.4 Å². The summed E-state index contributed by atoms with van der Waals surface area (Å²) in [6, 6.07) is 14.1. The summed E-state index contributed by atoms with van der Waals surface area (Å²) < 4.78 is 13.0. The molecule has 0 saturated carbocycles. The molecule has 1 aliphatic rings. The van der Waals surface area contributed by atoms with E-state index in [-0.39, 0.29) is 11.7 Å². The predicted octanol–water partition coefficient (Wildman–Crippen LogP) is 4.24. The van der Waals surface area contributed by atoms with Gasteiger partial charge in [0.2, 0.25) is 0 Å². The second kappa shape index (κ2) is 9.99. The molecule has 0 spiro atoms. The molecule has 1 aliphatic heterocycles. The lowest BCUT2D eigenvalue weighted by Crippen LogP contribution is -2.40. The van der Waals surface area contributed by atoms with Crippen LogP contribution in [0.5, 0.6) is 5.75 Å². The van der Waals surface area contributed by atoms with Gasteiger partial charge in [0.05, 0.1) is 35.1 Å². The Bertz CT molecular complexity index is 1440. The fourth-order valence-electron chi connectivity index (χ4n) is 3.95. The zero-order valence-corrected chi connectivity index (χ0v) is 20.9. The number of fused-ring (bicyclic) bond motifs is 1. The van der Waals surface area contributed by atoms with Crippen molar-refractivity contribution in [2.75, 3.05) is 7.11 Å². The van der Waals surface area contributed by atoms with E-state index in [2.05, 4.69) is 4.99 Å². The van der Waals surface area contributed by atoms with E-state index in [0.717, 1.165) is 5.56 Å². The number of nitrogens with zero attached hydrogens (tertiary/aromatic N) is 2. The van der Waals surface area contributed by atoms with E-state index in [1.165, 1.54) is 18.4 Å². The van der Waals surface area contributed by atoms with Gasteiger partial charge in [0.1, 0.15) is 5.75 Å². The van der Waals surface area contributed by atoms with Crippen molar-refractivity contribution in [3.63, 3.8) is 0 Å². The summed E-state index contributed by atoms with van der Waals surface area (Å²) in [6.07, 6.45) is 2.25. The highest BCUT2D eigenvalue weighted by molar-refractivity contribution is 7.07. The molecule has 0 N–H and O–H groups in total. The van der Waals surface area contributed by atoms with Gasteiger partial charge >= 0.3 is 5.97 Å². The number of methoxy groups -OCH3 is 1. The SMILES string of the molecule is CCC1=C(C(=O)OC)[C@@H](c2ccccc2)n2c(s/c(=C/c3cc(Cl)ccc3OC(C)C)c2=O)=N1. The van der Waals surface area contributed by atoms with Crippen LogP contribution in [-0.4, -0.2) is 23.8 Å². The summed E-state index contributed by atoms with van der Waals surface area (Å²) >= 11 is 7.51. The second-order valence-corrected chi connectivity index (χ2v) is 9.49. The first-order valence-electron chi connectivity index (χ1n) is 11.0. The van der Waals surface area contributed by atoms with Crippen molar-refractivity contribution in [2.24, 2.45) is 4.99 Å². The molecular weight excluding hydrogens is 472 g/mol. The Labute approximate surface area is 206 Å². The van der Waals surface area contributed by atoms with Crippen LogP contribution >= 0.6 is 22.9 Å². The summed E-state index contributed by atoms with van der Waals surface area (Å²) in [5, 5.41) is 0.540. The van der Waals surface area contributed by atoms with Crippen molar-refractivity contribution in [1.29, 1.82) is 0 Å². The Morgan fingerprint density at radius 2 is 1.97 bits per heavy atom. The number of esters is 1. The van der Waals surface area contributed by atoms with Crippen molar-refractivity contribution in [3.05, 3.63) is 95.6 Å². The van der Waals surface area contributed by atoms with Crippen molar-refractivity contribution in [3.8, 4) is 5.75 Å². The quantitative estimate of drug-likeness (QED) is 0.479. The molecule has 1 aromatic heterocycles. The molecule has 8 heteroatoms. The highest BCUT2D eigenvalue weighted by atomic mass is 35.5.